The van der Waals surface area contributed by atoms with Crippen molar-refractivity contribution < 1.29 is 0 Å². The average Bonchev–Trinajstić information content (AvgIpc) is 3.04. The van der Waals surface area contributed by atoms with E-state index in [0.29, 0.717) is 6.54 Å². The van der Waals surface area contributed by atoms with Crippen LogP contribution >= 0.6 is 11.3 Å². The molecule has 0 atom stereocenters. The van der Waals surface area contributed by atoms with Gasteiger partial charge in [-0.05, 0) is 30.7 Å². The van der Waals surface area contributed by atoms with E-state index in [-0.39, 0.29) is 5.56 Å². The maximum Gasteiger partial charge on any atom is 0.259 e. The van der Waals surface area contributed by atoms with Crippen molar-refractivity contribution in [2.24, 2.45) is 0 Å². The number of nitrogens with zero attached hydrogens (tertiary/aromatic N) is 3. The average molecular weight is 375 g/mol. The van der Waals surface area contributed by atoms with Gasteiger partial charge >= 0.3 is 0 Å². The van der Waals surface area contributed by atoms with Gasteiger partial charge < -0.3 is 0 Å². The molecule has 136 valence electrons. The molecule has 2 aromatic heterocycles. The molecule has 0 saturated carbocycles. The minimum absolute atomic E-state index is 0.00756. The topological polar surface area (TPSA) is 37.6 Å². The van der Waals surface area contributed by atoms with E-state index in [1.807, 2.05) is 18.4 Å². The molecule has 0 N–H and O–H groups in total. The van der Waals surface area contributed by atoms with Crippen LogP contribution < -0.4 is 5.56 Å². The number of fused-ring (bicyclic) bond motifs is 1. The molecule has 4 nitrogen and oxygen atoms in total. The fourth-order valence-corrected chi connectivity index (χ4v) is 4.25. The van der Waals surface area contributed by atoms with Crippen molar-refractivity contribution >= 4 is 16.3 Å². The number of benzene rings is 2. The normalized spacial score (nSPS) is 11.4. The quantitative estimate of drug-likeness (QED) is 0.520. The SMILES string of the molecule is Cc1csc2nc(CN(C)Cc3ccccc3-c3ccccc3)cc(=O)n12. The molecule has 2 heterocycles. The third kappa shape index (κ3) is 3.70. The second-order valence-electron chi connectivity index (χ2n) is 6.78. The maximum absolute atomic E-state index is 12.4. The van der Waals surface area contributed by atoms with Crippen LogP contribution in [0.25, 0.3) is 16.1 Å². The molecule has 4 aromatic rings. The number of aryl methyl sites for hydroxylation is 1. The number of hydrogen-bond acceptors (Lipinski definition) is 4. The zero-order valence-corrected chi connectivity index (χ0v) is 16.2. The van der Waals surface area contributed by atoms with Gasteiger partial charge in [0.05, 0.1) is 5.69 Å². The highest BCUT2D eigenvalue weighted by molar-refractivity contribution is 7.15. The Morgan fingerprint density at radius 3 is 2.59 bits per heavy atom. The molecular formula is C22H21N3OS. The Balaban J connectivity index is 1.57. The lowest BCUT2D eigenvalue weighted by atomic mass is 9.99. The highest BCUT2D eigenvalue weighted by Gasteiger charge is 2.11. The Kier molecular flexibility index (Phi) is 4.88. The first-order valence-electron chi connectivity index (χ1n) is 8.90. The molecule has 0 aliphatic carbocycles. The lowest BCUT2D eigenvalue weighted by Gasteiger charge is -2.18. The predicted octanol–water partition coefficient (Wildman–Crippen LogP) is 4.36. The van der Waals surface area contributed by atoms with E-state index in [1.54, 1.807) is 10.5 Å². The Morgan fingerprint density at radius 1 is 1.04 bits per heavy atom. The van der Waals surface area contributed by atoms with Crippen LogP contribution in [0.5, 0.6) is 0 Å². The fraction of sp³-hybridized carbons (Fsp3) is 0.182. The summed E-state index contributed by atoms with van der Waals surface area (Å²) in [6, 6.07) is 20.5. The summed E-state index contributed by atoms with van der Waals surface area (Å²) in [6.07, 6.45) is 0. The van der Waals surface area contributed by atoms with Crippen LogP contribution in [-0.4, -0.2) is 21.3 Å². The summed E-state index contributed by atoms with van der Waals surface area (Å²) in [4.78, 5) is 20.0. The van der Waals surface area contributed by atoms with Crippen LogP contribution in [0.4, 0.5) is 0 Å². The van der Waals surface area contributed by atoms with E-state index in [2.05, 4.69) is 65.5 Å². The molecule has 0 unspecified atom stereocenters. The van der Waals surface area contributed by atoms with E-state index in [9.17, 15) is 4.79 Å². The second-order valence-corrected chi connectivity index (χ2v) is 7.61. The summed E-state index contributed by atoms with van der Waals surface area (Å²) in [5.74, 6) is 0. The largest absolute Gasteiger partial charge is 0.296 e. The molecule has 0 fully saturated rings. The molecule has 0 bridgehead atoms. The maximum atomic E-state index is 12.4. The van der Waals surface area contributed by atoms with Gasteiger partial charge in [0.15, 0.2) is 4.96 Å². The standard InChI is InChI=1S/C22H21N3OS/c1-16-15-27-22-23-19(12-21(26)25(16)22)14-24(2)13-18-10-6-7-11-20(18)17-8-4-3-5-9-17/h3-12,15H,13-14H2,1-2H3. The van der Waals surface area contributed by atoms with Gasteiger partial charge in [0.25, 0.3) is 5.56 Å². The number of aromatic nitrogens is 2. The lowest BCUT2D eigenvalue weighted by molar-refractivity contribution is 0.315. The molecule has 4 rings (SSSR count). The lowest BCUT2D eigenvalue weighted by Crippen LogP contribution is -2.21. The summed E-state index contributed by atoms with van der Waals surface area (Å²) >= 11 is 1.51. The Hall–Kier alpha value is -2.76. The molecule has 0 aliphatic heterocycles. The van der Waals surface area contributed by atoms with Gasteiger partial charge in [-0.2, -0.15) is 0 Å². The Morgan fingerprint density at radius 2 is 1.78 bits per heavy atom. The van der Waals surface area contributed by atoms with Crippen molar-refractivity contribution in [3.8, 4) is 11.1 Å². The minimum atomic E-state index is -0.00756. The van der Waals surface area contributed by atoms with Gasteiger partial charge in [0, 0.05) is 30.2 Å². The summed E-state index contributed by atoms with van der Waals surface area (Å²) in [5.41, 5.74) is 5.45. The third-order valence-corrected chi connectivity index (χ3v) is 5.55. The summed E-state index contributed by atoms with van der Waals surface area (Å²) in [6.45, 7) is 3.35. The molecular weight excluding hydrogens is 354 g/mol. The fourth-order valence-electron chi connectivity index (χ4n) is 3.36. The Labute approximate surface area is 162 Å². The van der Waals surface area contributed by atoms with E-state index in [4.69, 9.17) is 0 Å². The minimum Gasteiger partial charge on any atom is -0.296 e. The van der Waals surface area contributed by atoms with Gasteiger partial charge in [-0.25, -0.2) is 4.98 Å². The van der Waals surface area contributed by atoms with Crippen molar-refractivity contribution in [3.05, 3.63) is 93.3 Å². The van der Waals surface area contributed by atoms with Crippen LogP contribution in [-0.2, 0) is 13.1 Å². The van der Waals surface area contributed by atoms with Crippen LogP contribution in [0.15, 0.2) is 70.8 Å². The summed E-state index contributed by atoms with van der Waals surface area (Å²) < 4.78 is 1.67. The number of thiazole rings is 1. The number of rotatable bonds is 5. The molecule has 0 aliphatic rings. The highest BCUT2D eigenvalue weighted by Crippen LogP contribution is 2.24. The van der Waals surface area contributed by atoms with Crippen molar-refractivity contribution in [1.82, 2.24) is 14.3 Å². The third-order valence-electron chi connectivity index (χ3n) is 4.60. The van der Waals surface area contributed by atoms with Crippen molar-refractivity contribution in [3.63, 3.8) is 0 Å². The second kappa shape index (κ2) is 7.47. The van der Waals surface area contributed by atoms with Gasteiger partial charge in [-0.3, -0.25) is 14.1 Å². The molecule has 0 radical (unpaired) electrons. The zero-order chi connectivity index (χ0) is 18.8. The van der Waals surface area contributed by atoms with Crippen molar-refractivity contribution in [2.45, 2.75) is 20.0 Å². The molecule has 0 spiro atoms. The van der Waals surface area contributed by atoms with Gasteiger partial charge in [0.2, 0.25) is 0 Å². The van der Waals surface area contributed by atoms with Crippen LogP contribution in [0.3, 0.4) is 0 Å². The van der Waals surface area contributed by atoms with Gasteiger partial charge in [-0.1, -0.05) is 54.6 Å². The first-order valence-corrected chi connectivity index (χ1v) is 9.78. The van der Waals surface area contributed by atoms with Gasteiger partial charge in [-0.15, -0.1) is 11.3 Å². The van der Waals surface area contributed by atoms with E-state index in [0.717, 1.165) is 22.9 Å². The van der Waals surface area contributed by atoms with Crippen molar-refractivity contribution in [1.29, 1.82) is 0 Å². The molecule has 5 heteroatoms. The van der Waals surface area contributed by atoms with Gasteiger partial charge in [0.1, 0.15) is 0 Å². The highest BCUT2D eigenvalue weighted by atomic mass is 32.1. The van der Waals surface area contributed by atoms with Crippen LogP contribution in [0, 0.1) is 6.92 Å². The zero-order valence-electron chi connectivity index (χ0n) is 15.4. The molecule has 27 heavy (non-hydrogen) atoms. The predicted molar refractivity (Wildman–Crippen MR) is 111 cm³/mol. The van der Waals surface area contributed by atoms with Crippen LogP contribution in [0.2, 0.25) is 0 Å². The van der Waals surface area contributed by atoms with Crippen molar-refractivity contribution in [2.75, 3.05) is 7.05 Å². The van der Waals surface area contributed by atoms with E-state index >= 15 is 0 Å². The summed E-state index contributed by atoms with van der Waals surface area (Å²) in [5, 5.41) is 1.97. The summed E-state index contributed by atoms with van der Waals surface area (Å²) in [7, 11) is 2.06. The monoisotopic (exact) mass is 375 g/mol. The van der Waals surface area contributed by atoms with E-state index < -0.39 is 0 Å². The smallest absolute Gasteiger partial charge is 0.259 e. The first kappa shape index (κ1) is 17.6. The first-order chi connectivity index (χ1) is 13.1. The van der Waals surface area contributed by atoms with Crippen LogP contribution in [0.1, 0.15) is 17.0 Å². The van der Waals surface area contributed by atoms with E-state index in [1.165, 1.54) is 28.0 Å². The Bertz CT molecular complexity index is 1130. The number of hydrogen-bond donors (Lipinski definition) is 0. The molecule has 2 aromatic carbocycles. The molecule has 0 amide bonds. The molecule has 0 saturated heterocycles.